The van der Waals surface area contributed by atoms with Crippen LogP contribution in [0.15, 0.2) is 303 Å². The molecule has 0 nitrogen and oxygen atoms in total. The second-order valence-corrected chi connectivity index (χ2v) is 55.9. The van der Waals surface area contributed by atoms with Crippen LogP contribution >= 0.6 is 36.3 Å². The normalized spacial score (nSPS) is 11.1. The molecule has 0 saturated carbocycles. The summed E-state index contributed by atoms with van der Waals surface area (Å²) in [5.74, 6) is 0. The molecule has 0 heterocycles. The lowest BCUT2D eigenvalue weighted by Gasteiger charge is -2.28. The standard InChI is InChI=1S/C28H60P.C25H54P.C24H20P.C22H24P.C20H20P.5BrH/c1-5-9-13-14-15-16-17-18-19-20-21-22-23-24-28-29(25-10-6-2,26-11-7-3)27-12-8-4;1-5-8-11-14-17-20-23-26(4,24-21-18-15-12-9-6-2)25-22-19-16-13-10-7-3;1-5-13-21(14-6-1)25(22-15-7-2-8-16-22,23-17-9-3-10-18-23)24-19-11-4-12-20-24;1-2-3-19-23(20-13-7-4-8-14-20,21-15-9-5-10-16-21)22-17-11-6-12-18-22;1-2-21(18-12-6-3-7-13-18,19-14-8-4-9-15-19)20-16-10-5-11-17-20;;;;;/h5-28H2,1-4H3;5-25H2,1-4H3;1-20H;4-18H,2-3,19H2,1H3;3-17H,2H2,1H3;5*1H/q5*+1;;;;;/p-5. The van der Waals surface area contributed by atoms with Gasteiger partial charge in [0.1, 0.15) is 74.8 Å². The van der Waals surface area contributed by atoms with Crippen molar-refractivity contribution in [3.05, 3.63) is 303 Å². The Morgan fingerprint density at radius 1 is 0.147 bits per heavy atom. The summed E-state index contributed by atoms with van der Waals surface area (Å²) >= 11 is 0. The van der Waals surface area contributed by atoms with Gasteiger partial charge < -0.3 is 84.9 Å². The van der Waals surface area contributed by atoms with Crippen molar-refractivity contribution in [3.63, 3.8) is 0 Å². The van der Waals surface area contributed by atoms with Crippen LogP contribution in [0.2, 0.25) is 0 Å². The maximum Gasteiger partial charge on any atom is 0.144 e. The SMILES string of the molecule is CCCCCCCCCCCCCCCC[P+](CCCC)(CCCC)CCCC.CCCCCCCC[P+](C)(CCCCCCCC)CCCCCCCC.CCCC[P+](c1ccccc1)(c1ccccc1)c1ccccc1.CC[P+](c1ccccc1)(c1ccccc1)c1ccccc1.[Br-].[Br-].[Br-].[Br-].[Br-].c1ccc([P+](c2ccccc2)(c2ccccc2)c2ccccc2)cc1. The largest absolute Gasteiger partial charge is 1.00 e. The van der Waals surface area contributed by atoms with Gasteiger partial charge in [0.05, 0.1) is 55.5 Å². The van der Waals surface area contributed by atoms with Gasteiger partial charge in [0, 0.05) is 21.2 Å². The van der Waals surface area contributed by atoms with E-state index in [4.69, 9.17) is 0 Å². The van der Waals surface area contributed by atoms with Crippen molar-refractivity contribution in [1.29, 1.82) is 0 Å². The molecule has 0 bridgehead atoms. The number of rotatable bonds is 59. The summed E-state index contributed by atoms with van der Waals surface area (Å²) in [6.45, 7) is 23.8. The van der Waals surface area contributed by atoms with E-state index in [-0.39, 0.29) is 84.9 Å². The number of halogens is 5. The minimum Gasteiger partial charge on any atom is -1.00 e. The topological polar surface area (TPSA) is 0 Å². The molecule has 10 heteroatoms. The van der Waals surface area contributed by atoms with E-state index < -0.39 is 36.3 Å². The molecule has 0 atom stereocenters. The van der Waals surface area contributed by atoms with Crippen LogP contribution in [0.4, 0.5) is 0 Å². The Kier molecular flexibility index (Phi) is 75.6. The highest BCUT2D eigenvalue weighted by Crippen LogP contribution is 2.62. The molecule has 10 aromatic carbocycles. The zero-order valence-corrected chi connectivity index (χ0v) is 95.0. The molecular weight excluding hydrogens is 1980 g/mol. The second-order valence-electron chi connectivity index (χ2n) is 36.0. The third-order valence-electron chi connectivity index (χ3n) is 26.2. The first-order valence-electron chi connectivity index (χ1n) is 51.0. The Bertz CT molecular complexity index is 3640. The van der Waals surface area contributed by atoms with Gasteiger partial charge >= 0.3 is 0 Å². The molecule has 10 aromatic rings. The van der Waals surface area contributed by atoms with E-state index in [1.54, 1.807) is 49.6 Å². The smallest absolute Gasteiger partial charge is 0.144 e. The highest BCUT2D eigenvalue weighted by atomic mass is 79.9. The predicted molar refractivity (Wildman–Crippen MR) is 581 cm³/mol. The average Bonchev–Trinajstić information content (AvgIpc) is 0.746. The first-order chi connectivity index (χ1) is 61.1. The van der Waals surface area contributed by atoms with Crippen LogP contribution in [0.1, 0.15) is 319 Å². The monoisotopic (exact) mass is 2160 g/mol. The molecule has 0 aliphatic rings. The molecule has 714 valence electrons. The lowest BCUT2D eigenvalue weighted by molar-refractivity contribution is -0.00100. The highest BCUT2D eigenvalue weighted by molar-refractivity contribution is 8.01. The number of benzene rings is 10. The van der Waals surface area contributed by atoms with E-state index in [2.05, 4.69) is 372 Å². The molecule has 0 saturated heterocycles. The fraction of sp³-hybridized carbons (Fsp3) is 0.496. The first-order valence-corrected chi connectivity index (χ1v) is 62.1. The van der Waals surface area contributed by atoms with E-state index in [1.807, 2.05) is 0 Å². The van der Waals surface area contributed by atoms with Crippen LogP contribution in [0.25, 0.3) is 0 Å². The zero-order chi connectivity index (χ0) is 88.3. The summed E-state index contributed by atoms with van der Waals surface area (Å²) in [4.78, 5) is 0. The van der Waals surface area contributed by atoms with Gasteiger partial charge in [-0.05, 0) is 205 Å². The van der Waals surface area contributed by atoms with Crippen molar-refractivity contribution in [2.75, 3.05) is 62.1 Å². The highest BCUT2D eigenvalue weighted by Gasteiger charge is 2.49. The third kappa shape index (κ3) is 45.3. The van der Waals surface area contributed by atoms with E-state index in [0.29, 0.717) is 0 Å². The Balaban J connectivity index is 0.000000800. The predicted octanol–water partition coefficient (Wildman–Crippen LogP) is 18.7. The number of unbranched alkanes of at least 4 members (excludes halogenated alkanes) is 32. The minimum atomic E-state index is -1.91. The Morgan fingerprint density at radius 3 is 0.481 bits per heavy atom. The quantitative estimate of drug-likeness (QED) is 0.0263. The molecule has 0 fully saturated rings. The average molecular weight is 2160 g/mol. The van der Waals surface area contributed by atoms with Crippen molar-refractivity contribution >= 4 is 89.4 Å². The molecule has 10 rings (SSSR count). The van der Waals surface area contributed by atoms with Crippen LogP contribution in [0.5, 0.6) is 0 Å². The molecule has 0 aromatic heterocycles. The van der Waals surface area contributed by atoms with Crippen LogP contribution in [-0.4, -0.2) is 62.1 Å². The van der Waals surface area contributed by atoms with Gasteiger partial charge in [-0.2, -0.15) is 0 Å². The van der Waals surface area contributed by atoms with Crippen LogP contribution in [0.3, 0.4) is 0 Å². The number of hydrogen-bond donors (Lipinski definition) is 0. The van der Waals surface area contributed by atoms with Gasteiger partial charge in [-0.25, -0.2) is 0 Å². The summed E-state index contributed by atoms with van der Waals surface area (Å²) in [7, 11) is -6.28. The maximum absolute atomic E-state index is 2.73. The second kappa shape index (κ2) is 78.8. The molecule has 0 amide bonds. The van der Waals surface area contributed by atoms with Crippen LogP contribution < -0.4 is 138 Å². The Labute approximate surface area is 850 Å². The molecule has 0 spiro atoms. The Hall–Kier alpha value is -3.25. The maximum atomic E-state index is 2.73. The van der Waals surface area contributed by atoms with Gasteiger partial charge in [0.2, 0.25) is 0 Å². The van der Waals surface area contributed by atoms with E-state index in [1.165, 1.54) is 310 Å². The van der Waals surface area contributed by atoms with E-state index >= 15 is 0 Å². The fourth-order valence-electron chi connectivity index (χ4n) is 18.8. The van der Waals surface area contributed by atoms with Gasteiger partial charge in [0.15, 0.2) is 0 Å². The summed E-state index contributed by atoms with van der Waals surface area (Å²) < 4.78 is 0. The van der Waals surface area contributed by atoms with Crippen molar-refractivity contribution in [3.8, 4) is 0 Å². The van der Waals surface area contributed by atoms with Crippen molar-refractivity contribution in [2.24, 2.45) is 0 Å². The molecule has 0 N–H and O–H groups in total. The molecule has 0 aliphatic heterocycles. The molecule has 129 heavy (non-hydrogen) atoms. The van der Waals surface area contributed by atoms with E-state index in [9.17, 15) is 0 Å². The molecule has 0 unspecified atom stereocenters. The summed E-state index contributed by atoms with van der Waals surface area (Å²) in [5, 5.41) is 14.4. The van der Waals surface area contributed by atoms with Crippen LogP contribution in [-0.2, 0) is 0 Å². The van der Waals surface area contributed by atoms with E-state index in [0.717, 1.165) is 6.16 Å². The van der Waals surface area contributed by atoms with Crippen molar-refractivity contribution < 1.29 is 84.9 Å². The number of hydrogen-bond acceptors (Lipinski definition) is 0. The molecular formula is C119H178Br5P5. The van der Waals surface area contributed by atoms with Gasteiger partial charge in [-0.1, -0.05) is 417 Å². The lowest BCUT2D eigenvalue weighted by Crippen LogP contribution is -3.00. The first kappa shape index (κ1) is 124. The lowest BCUT2D eigenvalue weighted by atomic mass is 10.0. The summed E-state index contributed by atoms with van der Waals surface area (Å²) in [5.41, 5.74) is 0. The van der Waals surface area contributed by atoms with Crippen molar-refractivity contribution in [2.45, 2.75) is 319 Å². The van der Waals surface area contributed by atoms with Gasteiger partial charge in [-0.15, -0.1) is 0 Å². The summed E-state index contributed by atoms with van der Waals surface area (Å²) in [6, 6.07) is 110. The fourth-order valence-corrected chi connectivity index (χ4v) is 40.4. The van der Waals surface area contributed by atoms with Crippen LogP contribution in [0, 0.1) is 0 Å². The minimum absolute atomic E-state index is 0. The zero-order valence-electron chi connectivity index (χ0n) is 82.6. The summed E-state index contributed by atoms with van der Waals surface area (Å²) in [6.07, 6.45) is 72.1. The van der Waals surface area contributed by atoms with Crippen molar-refractivity contribution in [1.82, 2.24) is 0 Å². The Morgan fingerprint density at radius 2 is 0.295 bits per heavy atom. The van der Waals surface area contributed by atoms with Gasteiger partial charge in [-0.3, -0.25) is 0 Å². The molecule has 0 aliphatic carbocycles. The third-order valence-corrected chi connectivity index (χ3v) is 48.7. The van der Waals surface area contributed by atoms with Gasteiger partial charge in [0.25, 0.3) is 0 Å². The molecule has 0 radical (unpaired) electrons.